The van der Waals surface area contributed by atoms with Gasteiger partial charge in [0.05, 0.1) is 16.3 Å². The molecule has 3 rings (SSSR count). The van der Waals surface area contributed by atoms with Crippen LogP contribution in [-0.2, 0) is 11.2 Å². The lowest BCUT2D eigenvalue weighted by molar-refractivity contribution is -0.113. The quantitative estimate of drug-likeness (QED) is 0.546. The second-order valence-electron chi connectivity index (χ2n) is 6.13. The van der Waals surface area contributed by atoms with Crippen molar-refractivity contribution in [3.63, 3.8) is 0 Å². The summed E-state index contributed by atoms with van der Waals surface area (Å²) in [6.07, 6.45) is 2.47. The van der Waals surface area contributed by atoms with E-state index in [4.69, 9.17) is 0 Å². The van der Waals surface area contributed by atoms with Gasteiger partial charge in [-0.1, -0.05) is 29.8 Å². The van der Waals surface area contributed by atoms with Crippen LogP contribution in [0.25, 0.3) is 0 Å². The van der Waals surface area contributed by atoms with Crippen molar-refractivity contribution in [3.05, 3.63) is 76.2 Å². The zero-order valence-electron chi connectivity index (χ0n) is 15.5. The van der Waals surface area contributed by atoms with Crippen LogP contribution in [0.4, 0.5) is 5.69 Å². The Hall–Kier alpha value is -2.64. The maximum Gasteiger partial charge on any atom is 0.252 e. The number of hydrogen-bond donors (Lipinski definition) is 2. The van der Waals surface area contributed by atoms with Gasteiger partial charge in [-0.25, -0.2) is 4.98 Å². The highest BCUT2D eigenvalue weighted by Crippen LogP contribution is 2.23. The van der Waals surface area contributed by atoms with Crippen molar-refractivity contribution in [1.82, 2.24) is 10.3 Å². The molecule has 0 aliphatic carbocycles. The van der Waals surface area contributed by atoms with E-state index in [0.29, 0.717) is 18.5 Å². The third-order valence-electron chi connectivity index (χ3n) is 3.93. The number of carbonyl (C=O) groups is 2. The highest BCUT2D eigenvalue weighted by Gasteiger charge is 2.13. The molecule has 0 bridgehead atoms. The number of nitrogens with zero attached hydrogens (tertiary/aromatic N) is 1. The number of rotatable bonds is 8. The summed E-state index contributed by atoms with van der Waals surface area (Å²) in [6.45, 7) is 2.53. The van der Waals surface area contributed by atoms with E-state index in [2.05, 4.69) is 15.6 Å². The van der Waals surface area contributed by atoms with Crippen molar-refractivity contribution >= 4 is 40.6 Å². The van der Waals surface area contributed by atoms with Crippen LogP contribution in [0.1, 0.15) is 20.9 Å². The molecule has 28 heavy (non-hydrogen) atoms. The molecule has 0 aliphatic rings. The molecule has 1 heterocycles. The van der Waals surface area contributed by atoms with E-state index < -0.39 is 0 Å². The maximum atomic E-state index is 12.5. The number of aryl methyl sites for hydroxylation is 1. The average Bonchev–Trinajstić information content (AvgIpc) is 3.22. The molecule has 5 nitrogen and oxygen atoms in total. The number of benzene rings is 2. The van der Waals surface area contributed by atoms with Crippen molar-refractivity contribution in [1.29, 1.82) is 0 Å². The van der Waals surface area contributed by atoms with E-state index in [9.17, 15) is 9.59 Å². The van der Waals surface area contributed by atoms with Crippen molar-refractivity contribution in [2.45, 2.75) is 18.2 Å². The van der Waals surface area contributed by atoms with Crippen LogP contribution >= 0.6 is 23.1 Å². The fourth-order valence-electron chi connectivity index (χ4n) is 2.51. The second kappa shape index (κ2) is 10.1. The lowest BCUT2D eigenvalue weighted by Gasteiger charge is -2.10. The molecule has 0 aliphatic heterocycles. The van der Waals surface area contributed by atoms with Crippen molar-refractivity contribution in [2.75, 3.05) is 17.6 Å². The average molecular weight is 412 g/mol. The molecule has 0 spiro atoms. The molecule has 1 aromatic heterocycles. The van der Waals surface area contributed by atoms with Gasteiger partial charge in [0, 0.05) is 35.1 Å². The number of aromatic nitrogens is 1. The third kappa shape index (κ3) is 5.94. The molecule has 0 unspecified atom stereocenters. The molecule has 2 amide bonds. The Balaban J connectivity index is 1.53. The fraction of sp³-hybridized carbons (Fsp3) is 0.190. The number of nitrogens with one attached hydrogen (secondary N) is 2. The number of thiazole rings is 1. The Morgan fingerprint density at radius 2 is 1.89 bits per heavy atom. The molecule has 0 fully saturated rings. The third-order valence-corrected chi connectivity index (χ3v) is 5.85. The summed E-state index contributed by atoms with van der Waals surface area (Å²) in [7, 11) is 0. The van der Waals surface area contributed by atoms with Crippen LogP contribution in [0.2, 0.25) is 0 Å². The number of carbonyl (C=O) groups excluding carboxylic acids is 2. The Morgan fingerprint density at radius 1 is 1.11 bits per heavy atom. The van der Waals surface area contributed by atoms with Gasteiger partial charge in [-0.05, 0) is 31.2 Å². The predicted octanol–water partition coefficient (Wildman–Crippen LogP) is 4.15. The molecule has 0 saturated heterocycles. The molecular formula is C21H21N3O2S2. The molecule has 0 atom stereocenters. The molecule has 0 radical (unpaired) electrons. The van der Waals surface area contributed by atoms with Crippen molar-refractivity contribution < 1.29 is 9.59 Å². The normalized spacial score (nSPS) is 10.5. The van der Waals surface area contributed by atoms with Gasteiger partial charge in [0.2, 0.25) is 5.91 Å². The summed E-state index contributed by atoms with van der Waals surface area (Å²) in [5, 5.41) is 8.71. The van der Waals surface area contributed by atoms with E-state index >= 15 is 0 Å². The summed E-state index contributed by atoms with van der Waals surface area (Å²) in [5.41, 5.74) is 2.49. The van der Waals surface area contributed by atoms with E-state index in [0.717, 1.165) is 21.2 Å². The Morgan fingerprint density at radius 3 is 2.64 bits per heavy atom. The maximum absolute atomic E-state index is 12.5. The first-order valence-electron chi connectivity index (χ1n) is 8.87. The molecular weight excluding hydrogens is 390 g/mol. The van der Waals surface area contributed by atoms with Crippen LogP contribution in [0.5, 0.6) is 0 Å². The number of hydrogen-bond acceptors (Lipinski definition) is 5. The summed E-state index contributed by atoms with van der Waals surface area (Å²) in [4.78, 5) is 29.7. The number of anilines is 1. The zero-order chi connectivity index (χ0) is 19.8. The molecule has 0 saturated carbocycles. The molecule has 2 N–H and O–H groups in total. The standard InChI is InChI=1S/C21H21N3O2S2/c1-15-6-8-16(9-7-15)24-19(25)14-28-18-5-3-2-4-17(18)21(26)23-11-10-20-22-12-13-27-20/h2-9,12-13H,10-11,14H2,1H3,(H,23,26)(H,24,25). The van der Waals surface area contributed by atoms with Crippen molar-refractivity contribution in [3.8, 4) is 0 Å². The summed E-state index contributed by atoms with van der Waals surface area (Å²) < 4.78 is 0. The Kier molecular flexibility index (Phi) is 7.22. The van der Waals surface area contributed by atoms with Crippen LogP contribution in [-0.4, -0.2) is 29.1 Å². The van der Waals surface area contributed by atoms with Gasteiger partial charge in [-0.3, -0.25) is 9.59 Å². The van der Waals surface area contributed by atoms with E-state index in [1.54, 1.807) is 23.6 Å². The van der Waals surface area contributed by atoms with Gasteiger partial charge in [0.15, 0.2) is 0 Å². The summed E-state index contributed by atoms with van der Waals surface area (Å²) in [6, 6.07) is 15.0. The van der Waals surface area contributed by atoms with E-state index in [1.165, 1.54) is 11.8 Å². The van der Waals surface area contributed by atoms with Crippen molar-refractivity contribution in [2.24, 2.45) is 0 Å². The first kappa shape index (κ1) is 20.1. The lowest BCUT2D eigenvalue weighted by atomic mass is 10.2. The number of amides is 2. The summed E-state index contributed by atoms with van der Waals surface area (Å²) in [5.74, 6) is -0.0106. The van der Waals surface area contributed by atoms with Crippen LogP contribution in [0.3, 0.4) is 0 Å². The minimum Gasteiger partial charge on any atom is -0.352 e. The topological polar surface area (TPSA) is 71.1 Å². The van der Waals surface area contributed by atoms with E-state index in [1.807, 2.05) is 54.8 Å². The first-order valence-corrected chi connectivity index (χ1v) is 10.7. The van der Waals surface area contributed by atoms with E-state index in [-0.39, 0.29) is 17.6 Å². The molecule has 7 heteroatoms. The van der Waals surface area contributed by atoms with Crippen LogP contribution in [0, 0.1) is 6.92 Å². The Bertz CT molecular complexity index is 925. The monoisotopic (exact) mass is 411 g/mol. The summed E-state index contributed by atoms with van der Waals surface area (Å²) >= 11 is 2.93. The lowest BCUT2D eigenvalue weighted by Crippen LogP contribution is -2.26. The largest absolute Gasteiger partial charge is 0.352 e. The molecule has 3 aromatic rings. The van der Waals surface area contributed by atoms with Gasteiger partial charge in [0.25, 0.3) is 5.91 Å². The van der Waals surface area contributed by atoms with Gasteiger partial charge >= 0.3 is 0 Å². The smallest absolute Gasteiger partial charge is 0.252 e. The highest BCUT2D eigenvalue weighted by atomic mass is 32.2. The minimum atomic E-state index is -0.140. The van der Waals surface area contributed by atoms with Gasteiger partial charge < -0.3 is 10.6 Å². The minimum absolute atomic E-state index is 0.104. The predicted molar refractivity (Wildman–Crippen MR) is 115 cm³/mol. The van der Waals surface area contributed by atoms with Gasteiger partial charge in [-0.15, -0.1) is 23.1 Å². The van der Waals surface area contributed by atoms with Crippen LogP contribution in [0.15, 0.2) is 65.0 Å². The first-order chi connectivity index (χ1) is 13.6. The molecule has 144 valence electrons. The zero-order valence-corrected chi connectivity index (χ0v) is 17.1. The fourth-order valence-corrected chi connectivity index (χ4v) is 3.98. The van der Waals surface area contributed by atoms with Gasteiger partial charge in [-0.2, -0.15) is 0 Å². The molecule has 2 aromatic carbocycles. The highest BCUT2D eigenvalue weighted by molar-refractivity contribution is 8.00. The van der Waals surface area contributed by atoms with Crippen LogP contribution < -0.4 is 10.6 Å². The second-order valence-corrected chi connectivity index (χ2v) is 8.13. The Labute approximate surface area is 172 Å². The SMILES string of the molecule is Cc1ccc(NC(=O)CSc2ccccc2C(=O)NCCc2nccs2)cc1. The van der Waals surface area contributed by atoms with Gasteiger partial charge in [0.1, 0.15) is 0 Å². The number of thioether (sulfide) groups is 1.